The van der Waals surface area contributed by atoms with Crippen LogP contribution in [0.3, 0.4) is 0 Å². The van der Waals surface area contributed by atoms with Crippen molar-refractivity contribution < 1.29 is 0 Å². The third-order valence-corrected chi connectivity index (χ3v) is 4.60. The zero-order valence-corrected chi connectivity index (χ0v) is 13.8. The normalized spacial score (nSPS) is 15.4. The quantitative estimate of drug-likeness (QED) is 0.725. The van der Waals surface area contributed by atoms with Gasteiger partial charge in [0, 0.05) is 74.3 Å². The van der Waals surface area contributed by atoms with E-state index in [0.29, 0.717) is 5.92 Å². The van der Waals surface area contributed by atoms with Crippen LogP contribution in [0.4, 0.5) is 0 Å². The summed E-state index contributed by atoms with van der Waals surface area (Å²) in [6.07, 6.45) is 9.38. The molecule has 0 atom stereocenters. The summed E-state index contributed by atoms with van der Waals surface area (Å²) in [6.45, 7) is 6.39. The van der Waals surface area contributed by atoms with E-state index in [2.05, 4.69) is 37.4 Å². The Morgan fingerprint density at radius 2 is 1.88 bits per heavy atom. The maximum Gasteiger partial charge on any atom is 0.140 e. The molecule has 1 fully saturated rings. The Labute approximate surface area is 142 Å². The predicted molar refractivity (Wildman–Crippen MR) is 93.2 cm³/mol. The lowest BCUT2D eigenvalue weighted by atomic mass is 9.99. The van der Waals surface area contributed by atoms with Gasteiger partial charge in [0.1, 0.15) is 5.82 Å². The van der Waals surface area contributed by atoms with E-state index in [4.69, 9.17) is 0 Å². The minimum atomic E-state index is 0.676. The Morgan fingerprint density at radius 1 is 1.04 bits per heavy atom. The number of likely N-dealkylation sites (tertiary alicyclic amines) is 1. The second-order valence-electron chi connectivity index (χ2n) is 6.49. The molecule has 0 saturated carbocycles. The summed E-state index contributed by atoms with van der Waals surface area (Å²) in [5, 5.41) is 0. The van der Waals surface area contributed by atoms with Crippen molar-refractivity contribution in [1.29, 1.82) is 0 Å². The van der Waals surface area contributed by atoms with Gasteiger partial charge < -0.3 is 4.57 Å². The van der Waals surface area contributed by atoms with Crippen molar-refractivity contribution in [2.75, 3.05) is 13.1 Å². The van der Waals surface area contributed by atoms with Gasteiger partial charge in [-0.1, -0.05) is 6.07 Å². The van der Waals surface area contributed by atoms with E-state index in [-0.39, 0.29) is 0 Å². The van der Waals surface area contributed by atoms with Crippen LogP contribution in [0, 0.1) is 12.8 Å². The van der Waals surface area contributed by atoms with E-state index in [1.165, 1.54) is 11.3 Å². The second-order valence-corrected chi connectivity index (χ2v) is 6.49. The summed E-state index contributed by atoms with van der Waals surface area (Å²) in [4.78, 5) is 15.4. The van der Waals surface area contributed by atoms with Gasteiger partial charge in [0.05, 0.1) is 0 Å². The molecular weight excluding hydrogens is 298 g/mol. The number of nitrogens with zero attached hydrogens (tertiary/aromatic N) is 5. The molecule has 4 heterocycles. The minimum Gasteiger partial charge on any atom is -0.328 e. The third kappa shape index (κ3) is 3.08. The van der Waals surface area contributed by atoms with Gasteiger partial charge in [0.2, 0.25) is 0 Å². The van der Waals surface area contributed by atoms with Crippen LogP contribution >= 0.6 is 0 Å². The fourth-order valence-corrected chi connectivity index (χ4v) is 3.35. The highest BCUT2D eigenvalue weighted by atomic mass is 15.2. The molecule has 24 heavy (non-hydrogen) atoms. The van der Waals surface area contributed by atoms with E-state index >= 15 is 0 Å². The van der Waals surface area contributed by atoms with E-state index < -0.39 is 0 Å². The average molecular weight is 319 g/mol. The molecule has 0 radical (unpaired) electrons. The van der Waals surface area contributed by atoms with Crippen LogP contribution in [0.15, 0.2) is 55.2 Å². The van der Waals surface area contributed by atoms with Crippen molar-refractivity contribution in [2.24, 2.45) is 5.92 Å². The second kappa shape index (κ2) is 6.53. The lowest BCUT2D eigenvalue weighted by molar-refractivity contribution is 0.0802. The lowest BCUT2D eigenvalue weighted by Gasteiger charge is -2.39. The number of hydrogen-bond donors (Lipinski definition) is 0. The van der Waals surface area contributed by atoms with Crippen LogP contribution in [0.25, 0.3) is 11.4 Å². The SMILES string of the molecule is Cc1cnc(-c2ccncc2)n1CC1CN(Cc2cccnc2)C1. The molecule has 0 bridgehead atoms. The molecule has 5 heteroatoms. The van der Waals surface area contributed by atoms with Crippen molar-refractivity contribution in [2.45, 2.75) is 20.0 Å². The van der Waals surface area contributed by atoms with E-state index in [9.17, 15) is 0 Å². The molecule has 4 rings (SSSR count). The maximum absolute atomic E-state index is 4.60. The van der Waals surface area contributed by atoms with E-state index in [1.807, 2.05) is 49.2 Å². The number of pyridine rings is 2. The fourth-order valence-electron chi connectivity index (χ4n) is 3.35. The molecular formula is C19H21N5. The monoisotopic (exact) mass is 319 g/mol. The Hall–Kier alpha value is -2.53. The van der Waals surface area contributed by atoms with Crippen LogP contribution in [0.2, 0.25) is 0 Å². The van der Waals surface area contributed by atoms with Gasteiger partial charge in [0.15, 0.2) is 0 Å². The van der Waals surface area contributed by atoms with Gasteiger partial charge in [-0.25, -0.2) is 4.98 Å². The van der Waals surface area contributed by atoms with E-state index in [1.54, 1.807) is 0 Å². The molecule has 3 aromatic heterocycles. The topological polar surface area (TPSA) is 46.8 Å². The van der Waals surface area contributed by atoms with Crippen LogP contribution in [-0.2, 0) is 13.1 Å². The van der Waals surface area contributed by atoms with Gasteiger partial charge in [-0.15, -0.1) is 0 Å². The van der Waals surface area contributed by atoms with Gasteiger partial charge in [0.25, 0.3) is 0 Å². The molecule has 3 aromatic rings. The third-order valence-electron chi connectivity index (χ3n) is 4.60. The zero-order chi connectivity index (χ0) is 16.4. The molecule has 5 nitrogen and oxygen atoms in total. The summed E-state index contributed by atoms with van der Waals surface area (Å²) >= 11 is 0. The highest BCUT2D eigenvalue weighted by Crippen LogP contribution is 2.25. The summed E-state index contributed by atoms with van der Waals surface area (Å²) in [7, 11) is 0. The Morgan fingerprint density at radius 3 is 2.62 bits per heavy atom. The van der Waals surface area contributed by atoms with Gasteiger partial charge >= 0.3 is 0 Å². The lowest BCUT2D eigenvalue weighted by Crippen LogP contribution is -2.47. The smallest absolute Gasteiger partial charge is 0.140 e. The number of hydrogen-bond acceptors (Lipinski definition) is 4. The first-order valence-corrected chi connectivity index (χ1v) is 8.33. The Bertz CT molecular complexity index is 791. The number of aromatic nitrogens is 4. The van der Waals surface area contributed by atoms with Crippen molar-refractivity contribution >= 4 is 0 Å². The molecule has 0 spiro atoms. The Kier molecular flexibility index (Phi) is 4.09. The molecule has 0 amide bonds. The molecule has 0 aliphatic carbocycles. The molecule has 0 unspecified atom stereocenters. The summed E-state index contributed by atoms with van der Waals surface area (Å²) < 4.78 is 2.33. The van der Waals surface area contributed by atoms with E-state index in [0.717, 1.165) is 37.6 Å². The first kappa shape index (κ1) is 15.0. The van der Waals surface area contributed by atoms with Crippen molar-refractivity contribution in [3.63, 3.8) is 0 Å². The van der Waals surface area contributed by atoms with Gasteiger partial charge in [-0.2, -0.15) is 0 Å². The number of aryl methyl sites for hydroxylation is 1. The van der Waals surface area contributed by atoms with Crippen LogP contribution in [0.5, 0.6) is 0 Å². The van der Waals surface area contributed by atoms with Crippen LogP contribution in [0.1, 0.15) is 11.3 Å². The molecule has 0 aromatic carbocycles. The predicted octanol–water partition coefficient (Wildman–Crippen LogP) is 2.78. The van der Waals surface area contributed by atoms with Crippen LogP contribution < -0.4 is 0 Å². The zero-order valence-electron chi connectivity index (χ0n) is 13.8. The summed E-state index contributed by atoms with van der Waals surface area (Å²) in [5.74, 6) is 1.72. The number of rotatable bonds is 5. The fraction of sp³-hybridized carbons (Fsp3) is 0.316. The highest BCUT2D eigenvalue weighted by Gasteiger charge is 2.28. The summed E-state index contributed by atoms with van der Waals surface area (Å²) in [5.41, 5.74) is 3.63. The number of imidazole rings is 1. The van der Waals surface area contributed by atoms with Gasteiger partial charge in [-0.05, 0) is 30.7 Å². The molecule has 0 N–H and O–H groups in total. The highest BCUT2D eigenvalue weighted by molar-refractivity contribution is 5.55. The first-order valence-electron chi connectivity index (χ1n) is 8.33. The largest absolute Gasteiger partial charge is 0.328 e. The van der Waals surface area contributed by atoms with Crippen molar-refractivity contribution in [3.8, 4) is 11.4 Å². The minimum absolute atomic E-state index is 0.676. The molecule has 1 aliphatic rings. The molecule has 1 aliphatic heterocycles. The maximum atomic E-state index is 4.60. The van der Waals surface area contributed by atoms with Crippen molar-refractivity contribution in [1.82, 2.24) is 24.4 Å². The molecule has 1 saturated heterocycles. The average Bonchev–Trinajstić information content (AvgIpc) is 2.95. The standard InChI is InChI=1S/C19H21N5/c1-15-9-22-19(18-4-7-20-8-5-18)24(15)14-17-12-23(13-17)11-16-3-2-6-21-10-16/h2-10,17H,11-14H2,1H3. The summed E-state index contributed by atoms with van der Waals surface area (Å²) in [6, 6.07) is 8.19. The first-order chi connectivity index (χ1) is 11.8. The molecule has 122 valence electrons. The Balaban J connectivity index is 1.40. The van der Waals surface area contributed by atoms with Crippen molar-refractivity contribution in [3.05, 3.63) is 66.5 Å². The van der Waals surface area contributed by atoms with Gasteiger partial charge in [-0.3, -0.25) is 14.9 Å². The van der Waals surface area contributed by atoms with Crippen LogP contribution in [-0.4, -0.2) is 37.5 Å².